The van der Waals surface area contributed by atoms with Gasteiger partial charge in [-0.25, -0.2) is 0 Å². The predicted octanol–water partition coefficient (Wildman–Crippen LogP) is 1.45. The van der Waals surface area contributed by atoms with Crippen LogP contribution in [0.2, 0.25) is 0 Å². The van der Waals surface area contributed by atoms with Crippen molar-refractivity contribution in [3.63, 3.8) is 0 Å². The summed E-state index contributed by atoms with van der Waals surface area (Å²) in [4.78, 5) is 2.43. The Labute approximate surface area is 106 Å². The SMILES string of the molecule is CC1CCC(NCCNC2CCN(C)CC2)C1. The zero-order valence-corrected chi connectivity index (χ0v) is 11.5. The lowest BCUT2D eigenvalue weighted by Gasteiger charge is -2.29. The Kier molecular flexibility index (Phi) is 5.26. The first-order chi connectivity index (χ1) is 8.24. The molecule has 2 N–H and O–H groups in total. The molecular formula is C14H29N3. The minimum absolute atomic E-state index is 0.760. The Morgan fingerprint density at radius 3 is 2.18 bits per heavy atom. The van der Waals surface area contributed by atoms with Crippen LogP contribution in [0, 0.1) is 5.92 Å². The average molecular weight is 239 g/mol. The number of likely N-dealkylation sites (tertiary alicyclic amines) is 1. The van der Waals surface area contributed by atoms with Gasteiger partial charge in [-0.05, 0) is 58.2 Å². The van der Waals surface area contributed by atoms with Crippen molar-refractivity contribution in [1.82, 2.24) is 15.5 Å². The Morgan fingerprint density at radius 1 is 0.941 bits per heavy atom. The lowest BCUT2D eigenvalue weighted by molar-refractivity contribution is 0.234. The Balaban J connectivity index is 1.49. The van der Waals surface area contributed by atoms with Crippen LogP contribution in [0.25, 0.3) is 0 Å². The molecule has 100 valence electrons. The van der Waals surface area contributed by atoms with E-state index in [9.17, 15) is 0 Å². The maximum absolute atomic E-state index is 3.69. The van der Waals surface area contributed by atoms with Crippen LogP contribution < -0.4 is 10.6 Å². The summed E-state index contributed by atoms with van der Waals surface area (Å²) in [5.41, 5.74) is 0. The van der Waals surface area contributed by atoms with Gasteiger partial charge in [-0.15, -0.1) is 0 Å². The molecule has 0 aromatic carbocycles. The molecule has 1 heterocycles. The third-order valence-electron chi connectivity index (χ3n) is 4.40. The van der Waals surface area contributed by atoms with Crippen LogP contribution in [0.4, 0.5) is 0 Å². The Bertz CT molecular complexity index is 212. The van der Waals surface area contributed by atoms with Gasteiger partial charge in [0, 0.05) is 25.2 Å². The van der Waals surface area contributed by atoms with Crippen LogP contribution in [0.3, 0.4) is 0 Å². The fourth-order valence-corrected chi connectivity index (χ4v) is 3.16. The van der Waals surface area contributed by atoms with Crippen molar-refractivity contribution in [3.8, 4) is 0 Å². The van der Waals surface area contributed by atoms with Gasteiger partial charge in [0.1, 0.15) is 0 Å². The van der Waals surface area contributed by atoms with Gasteiger partial charge in [0.15, 0.2) is 0 Å². The minimum atomic E-state index is 0.760. The second-order valence-corrected chi connectivity index (χ2v) is 6.10. The largest absolute Gasteiger partial charge is 0.313 e. The van der Waals surface area contributed by atoms with Crippen LogP contribution >= 0.6 is 0 Å². The summed E-state index contributed by atoms with van der Waals surface area (Å²) >= 11 is 0. The highest BCUT2D eigenvalue weighted by atomic mass is 15.1. The maximum Gasteiger partial charge on any atom is 0.00919 e. The molecule has 2 aliphatic rings. The second kappa shape index (κ2) is 6.72. The molecule has 0 aromatic heterocycles. The van der Waals surface area contributed by atoms with E-state index in [0.29, 0.717) is 0 Å². The van der Waals surface area contributed by atoms with Gasteiger partial charge in [-0.1, -0.05) is 6.92 Å². The zero-order chi connectivity index (χ0) is 12.1. The predicted molar refractivity (Wildman–Crippen MR) is 73.3 cm³/mol. The number of rotatable bonds is 5. The van der Waals surface area contributed by atoms with E-state index in [1.165, 1.54) is 45.2 Å². The topological polar surface area (TPSA) is 27.3 Å². The van der Waals surface area contributed by atoms with Gasteiger partial charge >= 0.3 is 0 Å². The molecule has 0 radical (unpaired) electrons. The van der Waals surface area contributed by atoms with Gasteiger partial charge in [-0.3, -0.25) is 0 Å². The summed E-state index contributed by atoms with van der Waals surface area (Å²) in [6.07, 6.45) is 6.82. The highest BCUT2D eigenvalue weighted by Crippen LogP contribution is 2.24. The van der Waals surface area contributed by atoms with Gasteiger partial charge in [0.05, 0.1) is 0 Å². The van der Waals surface area contributed by atoms with Gasteiger partial charge in [0.2, 0.25) is 0 Å². The highest BCUT2D eigenvalue weighted by molar-refractivity contribution is 4.79. The summed E-state index contributed by atoms with van der Waals surface area (Å²) < 4.78 is 0. The molecule has 17 heavy (non-hydrogen) atoms. The summed E-state index contributed by atoms with van der Waals surface area (Å²) in [6.45, 7) is 7.16. The molecule has 0 amide bonds. The first-order valence-corrected chi connectivity index (χ1v) is 7.39. The van der Waals surface area contributed by atoms with Gasteiger partial charge in [0.25, 0.3) is 0 Å². The summed E-state index contributed by atoms with van der Waals surface area (Å²) in [6, 6.07) is 1.56. The van der Waals surface area contributed by atoms with E-state index in [4.69, 9.17) is 0 Å². The minimum Gasteiger partial charge on any atom is -0.313 e. The first kappa shape index (κ1) is 13.3. The molecule has 0 spiro atoms. The van der Waals surface area contributed by atoms with Crippen molar-refractivity contribution >= 4 is 0 Å². The van der Waals surface area contributed by atoms with E-state index in [0.717, 1.165) is 31.1 Å². The van der Waals surface area contributed by atoms with Crippen LogP contribution in [0.1, 0.15) is 39.0 Å². The van der Waals surface area contributed by atoms with Crippen molar-refractivity contribution in [3.05, 3.63) is 0 Å². The fraction of sp³-hybridized carbons (Fsp3) is 1.00. The monoisotopic (exact) mass is 239 g/mol. The van der Waals surface area contributed by atoms with Crippen molar-refractivity contribution in [2.75, 3.05) is 33.2 Å². The number of hydrogen-bond donors (Lipinski definition) is 2. The van der Waals surface area contributed by atoms with E-state index >= 15 is 0 Å². The number of nitrogens with one attached hydrogen (secondary N) is 2. The number of hydrogen-bond acceptors (Lipinski definition) is 3. The quantitative estimate of drug-likeness (QED) is 0.711. The summed E-state index contributed by atoms with van der Waals surface area (Å²) in [5, 5.41) is 7.38. The smallest absolute Gasteiger partial charge is 0.00919 e. The zero-order valence-electron chi connectivity index (χ0n) is 11.5. The van der Waals surface area contributed by atoms with Gasteiger partial charge < -0.3 is 15.5 Å². The van der Waals surface area contributed by atoms with E-state index in [2.05, 4.69) is 29.5 Å². The van der Waals surface area contributed by atoms with Crippen LogP contribution in [0.5, 0.6) is 0 Å². The third-order valence-corrected chi connectivity index (χ3v) is 4.40. The Hall–Kier alpha value is -0.120. The lowest BCUT2D eigenvalue weighted by Crippen LogP contribution is -2.43. The molecule has 1 aliphatic heterocycles. The first-order valence-electron chi connectivity index (χ1n) is 7.39. The molecule has 0 bridgehead atoms. The van der Waals surface area contributed by atoms with Crippen LogP contribution in [-0.2, 0) is 0 Å². The molecule has 2 rings (SSSR count). The maximum atomic E-state index is 3.69. The molecule has 3 heteroatoms. The molecule has 1 saturated heterocycles. The molecule has 2 fully saturated rings. The number of nitrogens with zero attached hydrogens (tertiary/aromatic N) is 1. The van der Waals surface area contributed by atoms with Crippen LogP contribution in [-0.4, -0.2) is 50.2 Å². The second-order valence-electron chi connectivity index (χ2n) is 6.10. The van der Waals surface area contributed by atoms with E-state index in [1.54, 1.807) is 0 Å². The van der Waals surface area contributed by atoms with Gasteiger partial charge in [-0.2, -0.15) is 0 Å². The van der Waals surface area contributed by atoms with E-state index in [-0.39, 0.29) is 0 Å². The summed E-state index contributed by atoms with van der Waals surface area (Å²) in [7, 11) is 2.22. The van der Waals surface area contributed by atoms with E-state index in [1.807, 2.05) is 0 Å². The molecule has 0 aromatic rings. The fourth-order valence-electron chi connectivity index (χ4n) is 3.16. The number of piperidine rings is 1. The highest BCUT2D eigenvalue weighted by Gasteiger charge is 2.20. The molecule has 2 unspecified atom stereocenters. The lowest BCUT2D eigenvalue weighted by atomic mass is 10.1. The average Bonchev–Trinajstić information content (AvgIpc) is 2.73. The van der Waals surface area contributed by atoms with Crippen molar-refractivity contribution in [2.24, 2.45) is 5.92 Å². The third kappa shape index (κ3) is 4.57. The normalized spacial score (nSPS) is 32.1. The van der Waals surface area contributed by atoms with Crippen molar-refractivity contribution in [1.29, 1.82) is 0 Å². The molecular weight excluding hydrogens is 210 g/mol. The Morgan fingerprint density at radius 2 is 1.59 bits per heavy atom. The summed E-state index contributed by atoms with van der Waals surface area (Å²) in [5.74, 6) is 0.939. The molecule has 3 nitrogen and oxygen atoms in total. The molecule has 1 saturated carbocycles. The van der Waals surface area contributed by atoms with Crippen LogP contribution in [0.15, 0.2) is 0 Å². The molecule has 1 aliphatic carbocycles. The van der Waals surface area contributed by atoms with E-state index < -0.39 is 0 Å². The standard InChI is InChI=1S/C14H29N3/c1-12-3-4-14(11-12)16-8-7-15-13-5-9-17(2)10-6-13/h12-16H,3-11H2,1-2H3. The molecule has 2 atom stereocenters. The van der Waals surface area contributed by atoms with Crippen molar-refractivity contribution < 1.29 is 0 Å². The van der Waals surface area contributed by atoms with Crippen molar-refractivity contribution in [2.45, 2.75) is 51.1 Å².